The number of rotatable bonds is 7. The topological polar surface area (TPSA) is 66.3 Å². The number of likely N-dealkylation sites (tertiary alicyclic amines) is 1. The molecule has 7 heteroatoms. The van der Waals surface area contributed by atoms with E-state index in [0.717, 1.165) is 31.0 Å². The Labute approximate surface area is 167 Å². The van der Waals surface area contributed by atoms with E-state index in [1.807, 2.05) is 44.0 Å². The van der Waals surface area contributed by atoms with Crippen LogP contribution in [-0.2, 0) is 13.6 Å². The molecule has 0 aliphatic carbocycles. The Balaban J connectivity index is 1.50. The van der Waals surface area contributed by atoms with Crippen LogP contribution in [0.4, 0.5) is 5.82 Å². The Hall–Kier alpha value is -2.41. The second-order valence-electron chi connectivity index (χ2n) is 7.85. The van der Waals surface area contributed by atoms with E-state index < -0.39 is 0 Å². The van der Waals surface area contributed by atoms with Crippen LogP contribution in [0.1, 0.15) is 47.3 Å². The first-order valence-electron chi connectivity index (χ1n) is 10.1. The van der Waals surface area contributed by atoms with Gasteiger partial charge < -0.3 is 15.1 Å². The Morgan fingerprint density at radius 2 is 2.14 bits per heavy atom. The summed E-state index contributed by atoms with van der Waals surface area (Å²) in [5.41, 5.74) is 2.79. The molecule has 2 aromatic heterocycles. The van der Waals surface area contributed by atoms with Crippen molar-refractivity contribution < 1.29 is 4.79 Å². The van der Waals surface area contributed by atoms with Crippen LogP contribution in [0.3, 0.4) is 0 Å². The lowest BCUT2D eigenvalue weighted by atomic mass is 10.0. The van der Waals surface area contributed by atoms with Gasteiger partial charge in [0.15, 0.2) is 0 Å². The number of nitrogens with one attached hydrogen (secondary N) is 1. The fraction of sp³-hybridized carbons (Fsp3) is 0.571. The number of carbonyl (C=O) groups excluding carboxylic acids is 1. The smallest absolute Gasteiger partial charge is 0.252 e. The second-order valence-corrected chi connectivity index (χ2v) is 7.85. The number of piperidine rings is 1. The van der Waals surface area contributed by atoms with Crippen molar-refractivity contribution in [1.82, 2.24) is 25.0 Å². The van der Waals surface area contributed by atoms with E-state index in [4.69, 9.17) is 0 Å². The second kappa shape index (κ2) is 9.19. The number of pyridine rings is 1. The molecule has 0 aromatic carbocycles. The van der Waals surface area contributed by atoms with Crippen molar-refractivity contribution in [1.29, 1.82) is 0 Å². The highest BCUT2D eigenvalue weighted by molar-refractivity contribution is 5.94. The number of amides is 1. The molecule has 1 saturated heterocycles. The fourth-order valence-electron chi connectivity index (χ4n) is 3.85. The van der Waals surface area contributed by atoms with Gasteiger partial charge in [0.1, 0.15) is 5.82 Å². The van der Waals surface area contributed by atoms with E-state index in [1.165, 1.54) is 24.8 Å². The predicted octanol–water partition coefficient (Wildman–Crippen LogP) is 2.36. The summed E-state index contributed by atoms with van der Waals surface area (Å²) in [5.74, 6) is 0.784. The molecular formula is C21H32N6O. The highest BCUT2D eigenvalue weighted by atomic mass is 16.1. The molecule has 2 aromatic rings. The first-order valence-corrected chi connectivity index (χ1v) is 10.1. The minimum atomic E-state index is -0.0525. The molecule has 3 rings (SSSR count). The number of hydrogen-bond acceptors (Lipinski definition) is 5. The van der Waals surface area contributed by atoms with Crippen LogP contribution in [-0.4, -0.2) is 58.8 Å². The summed E-state index contributed by atoms with van der Waals surface area (Å²) in [6.07, 6.45) is 8.49. The minimum Gasteiger partial charge on any atom is -0.355 e. The standard InChI is InChI=1S/C21H32N6O/c1-16-18(15-27(4)24-16)14-26(3)20-9-8-17(13-23-20)21(28)22-11-10-19-7-5-6-12-25(19)2/h8-9,13,15,19H,5-7,10-12,14H2,1-4H3,(H,22,28)/t19-/m0/s1. The van der Waals surface area contributed by atoms with Gasteiger partial charge in [-0.05, 0) is 51.9 Å². The summed E-state index contributed by atoms with van der Waals surface area (Å²) in [6, 6.07) is 4.33. The van der Waals surface area contributed by atoms with Gasteiger partial charge in [0.25, 0.3) is 5.91 Å². The van der Waals surface area contributed by atoms with Crippen LogP contribution in [0.2, 0.25) is 0 Å². The van der Waals surface area contributed by atoms with Gasteiger partial charge in [0, 0.05) is 51.2 Å². The summed E-state index contributed by atoms with van der Waals surface area (Å²) in [6.45, 7) is 4.61. The quantitative estimate of drug-likeness (QED) is 0.794. The summed E-state index contributed by atoms with van der Waals surface area (Å²) in [4.78, 5) is 21.3. The number of aromatic nitrogens is 3. The fourth-order valence-corrected chi connectivity index (χ4v) is 3.85. The molecular weight excluding hydrogens is 352 g/mol. The van der Waals surface area contributed by atoms with Gasteiger partial charge in [-0.15, -0.1) is 0 Å². The summed E-state index contributed by atoms with van der Waals surface area (Å²) in [7, 11) is 6.10. The third kappa shape index (κ3) is 5.10. The van der Waals surface area contributed by atoms with Gasteiger partial charge in [0.2, 0.25) is 0 Å². The average molecular weight is 385 g/mol. The van der Waals surface area contributed by atoms with E-state index in [9.17, 15) is 4.79 Å². The van der Waals surface area contributed by atoms with Gasteiger partial charge in [-0.2, -0.15) is 5.10 Å². The molecule has 0 unspecified atom stereocenters. The first-order chi connectivity index (χ1) is 13.4. The summed E-state index contributed by atoms with van der Waals surface area (Å²) < 4.78 is 1.82. The Bertz CT molecular complexity index is 785. The van der Waals surface area contributed by atoms with E-state index in [-0.39, 0.29) is 5.91 Å². The van der Waals surface area contributed by atoms with Crippen LogP contribution in [0.25, 0.3) is 0 Å². The molecule has 0 bridgehead atoms. The Kier molecular flexibility index (Phi) is 6.67. The third-order valence-corrected chi connectivity index (χ3v) is 5.61. The van der Waals surface area contributed by atoms with Crippen molar-refractivity contribution in [3.63, 3.8) is 0 Å². The zero-order chi connectivity index (χ0) is 20.1. The number of carbonyl (C=O) groups is 1. The zero-order valence-corrected chi connectivity index (χ0v) is 17.5. The largest absolute Gasteiger partial charge is 0.355 e. The van der Waals surface area contributed by atoms with Crippen molar-refractivity contribution >= 4 is 11.7 Å². The Morgan fingerprint density at radius 3 is 2.79 bits per heavy atom. The number of hydrogen-bond donors (Lipinski definition) is 1. The van der Waals surface area contributed by atoms with Crippen molar-refractivity contribution in [3.05, 3.63) is 41.3 Å². The highest BCUT2D eigenvalue weighted by Gasteiger charge is 2.18. The highest BCUT2D eigenvalue weighted by Crippen LogP contribution is 2.17. The predicted molar refractivity (Wildman–Crippen MR) is 112 cm³/mol. The molecule has 1 N–H and O–H groups in total. The number of nitrogens with zero attached hydrogens (tertiary/aromatic N) is 5. The van der Waals surface area contributed by atoms with Gasteiger partial charge in [-0.3, -0.25) is 9.48 Å². The van der Waals surface area contributed by atoms with E-state index in [2.05, 4.69) is 32.2 Å². The Morgan fingerprint density at radius 1 is 1.32 bits per heavy atom. The first kappa shape index (κ1) is 20.3. The molecule has 28 heavy (non-hydrogen) atoms. The molecule has 152 valence electrons. The maximum Gasteiger partial charge on any atom is 0.252 e. The normalized spacial score (nSPS) is 17.5. The van der Waals surface area contributed by atoms with Crippen LogP contribution < -0.4 is 10.2 Å². The summed E-state index contributed by atoms with van der Waals surface area (Å²) in [5, 5.41) is 7.41. The van der Waals surface area contributed by atoms with Gasteiger partial charge in [0.05, 0.1) is 11.3 Å². The molecule has 0 spiro atoms. The van der Waals surface area contributed by atoms with E-state index in [1.54, 1.807) is 6.20 Å². The molecule has 1 aliphatic heterocycles. The van der Waals surface area contributed by atoms with Gasteiger partial charge >= 0.3 is 0 Å². The molecule has 3 heterocycles. The van der Waals surface area contributed by atoms with Crippen LogP contribution in [0.5, 0.6) is 0 Å². The van der Waals surface area contributed by atoms with Crippen LogP contribution in [0, 0.1) is 6.92 Å². The third-order valence-electron chi connectivity index (χ3n) is 5.61. The molecule has 1 amide bonds. The molecule has 1 atom stereocenters. The van der Waals surface area contributed by atoms with E-state index >= 15 is 0 Å². The van der Waals surface area contributed by atoms with E-state index in [0.29, 0.717) is 18.2 Å². The van der Waals surface area contributed by atoms with Gasteiger partial charge in [-0.25, -0.2) is 4.98 Å². The molecule has 1 aliphatic rings. The van der Waals surface area contributed by atoms with Crippen molar-refractivity contribution in [2.75, 3.05) is 32.1 Å². The number of anilines is 1. The lowest BCUT2D eigenvalue weighted by molar-refractivity contribution is 0.0945. The minimum absolute atomic E-state index is 0.0525. The molecule has 7 nitrogen and oxygen atoms in total. The lowest BCUT2D eigenvalue weighted by Crippen LogP contribution is -2.39. The van der Waals surface area contributed by atoms with Gasteiger partial charge in [-0.1, -0.05) is 6.42 Å². The molecule has 1 fully saturated rings. The summed E-state index contributed by atoms with van der Waals surface area (Å²) >= 11 is 0. The van der Waals surface area contributed by atoms with Crippen molar-refractivity contribution in [3.8, 4) is 0 Å². The SMILES string of the molecule is Cc1nn(C)cc1CN(C)c1ccc(C(=O)NCC[C@@H]2CCCCN2C)cn1. The maximum absolute atomic E-state index is 12.4. The average Bonchev–Trinajstić information content (AvgIpc) is 3.00. The maximum atomic E-state index is 12.4. The monoisotopic (exact) mass is 384 g/mol. The van der Waals surface area contributed by atoms with Crippen LogP contribution >= 0.6 is 0 Å². The zero-order valence-electron chi connectivity index (χ0n) is 17.5. The van der Waals surface area contributed by atoms with Crippen molar-refractivity contribution in [2.24, 2.45) is 7.05 Å². The molecule has 0 saturated carbocycles. The van der Waals surface area contributed by atoms with Crippen LogP contribution in [0.15, 0.2) is 24.5 Å². The molecule has 0 radical (unpaired) electrons. The number of aryl methyl sites for hydroxylation is 2. The lowest BCUT2D eigenvalue weighted by Gasteiger charge is -2.32. The van der Waals surface area contributed by atoms with Crippen molar-refractivity contribution in [2.45, 2.75) is 45.2 Å².